The van der Waals surface area contributed by atoms with Crippen LogP contribution in [0.1, 0.15) is 0 Å². The number of aromatic nitrogens is 4. The molecule has 0 radical (unpaired) electrons. The number of furan rings is 1. The number of rotatable bonds is 4. The SMILES string of the molecule is Cn1c(-c2ccc3c4ccccc4n(-c4cccc(-c5cc(-c6ccoc6)ccn5)c4)c3c2)nc2ccccc21. The van der Waals surface area contributed by atoms with E-state index in [1.807, 2.05) is 24.4 Å². The second-order valence-electron chi connectivity index (χ2n) is 10.1. The van der Waals surface area contributed by atoms with Gasteiger partial charge in [0.05, 0.1) is 40.3 Å². The van der Waals surface area contributed by atoms with Gasteiger partial charge in [-0.25, -0.2) is 4.98 Å². The van der Waals surface area contributed by atoms with E-state index in [1.54, 1.807) is 12.5 Å². The summed E-state index contributed by atoms with van der Waals surface area (Å²) in [6.45, 7) is 0. The summed E-state index contributed by atoms with van der Waals surface area (Å²) in [5, 5.41) is 2.43. The van der Waals surface area contributed by atoms with Gasteiger partial charge in [0, 0.05) is 46.4 Å². The minimum absolute atomic E-state index is 0.918. The molecule has 0 amide bonds. The fourth-order valence-corrected chi connectivity index (χ4v) is 5.79. The second-order valence-corrected chi connectivity index (χ2v) is 10.1. The van der Waals surface area contributed by atoms with E-state index in [0.717, 1.165) is 61.5 Å². The maximum Gasteiger partial charge on any atom is 0.140 e. The predicted molar refractivity (Wildman–Crippen MR) is 161 cm³/mol. The number of pyridine rings is 1. The third kappa shape index (κ3) is 3.48. The summed E-state index contributed by atoms with van der Waals surface area (Å²) in [5.41, 5.74) is 10.7. The molecule has 8 rings (SSSR count). The van der Waals surface area contributed by atoms with Crippen LogP contribution in [0.2, 0.25) is 0 Å². The van der Waals surface area contributed by atoms with Crippen molar-refractivity contribution in [3.8, 4) is 39.5 Å². The van der Waals surface area contributed by atoms with Gasteiger partial charge >= 0.3 is 0 Å². The highest BCUT2D eigenvalue weighted by Gasteiger charge is 2.16. The molecule has 190 valence electrons. The Bertz CT molecular complexity index is 2180. The summed E-state index contributed by atoms with van der Waals surface area (Å²) in [4.78, 5) is 9.67. The van der Waals surface area contributed by atoms with Gasteiger partial charge < -0.3 is 13.6 Å². The zero-order valence-corrected chi connectivity index (χ0v) is 21.8. The molecule has 0 saturated heterocycles. The van der Waals surface area contributed by atoms with Gasteiger partial charge in [-0.1, -0.05) is 54.6 Å². The normalized spacial score (nSPS) is 11.6. The lowest BCUT2D eigenvalue weighted by Crippen LogP contribution is -1.96. The standard InChI is InChI=1S/C35H24N4O/c1-38-33-12-5-3-10-30(33)37-35(38)25-13-14-29-28-9-2-4-11-32(28)39(34(29)21-25)27-8-6-7-24(19-27)31-20-23(15-17-36-31)26-16-18-40-22-26/h2-22H,1H3. The fraction of sp³-hybridized carbons (Fsp3) is 0.0286. The van der Waals surface area contributed by atoms with Crippen LogP contribution in [0.3, 0.4) is 0 Å². The molecule has 8 aromatic rings. The Morgan fingerprint density at radius 2 is 1.48 bits per heavy atom. The van der Waals surface area contributed by atoms with Crippen molar-refractivity contribution < 1.29 is 4.42 Å². The van der Waals surface area contributed by atoms with Crippen molar-refractivity contribution in [1.82, 2.24) is 19.1 Å². The molecule has 0 atom stereocenters. The van der Waals surface area contributed by atoms with Crippen molar-refractivity contribution in [2.45, 2.75) is 0 Å². The average Bonchev–Trinajstić information content (AvgIpc) is 3.74. The van der Waals surface area contributed by atoms with Crippen LogP contribution in [0.25, 0.3) is 72.3 Å². The van der Waals surface area contributed by atoms with E-state index in [9.17, 15) is 0 Å². The van der Waals surface area contributed by atoms with Gasteiger partial charge in [-0.15, -0.1) is 0 Å². The van der Waals surface area contributed by atoms with E-state index in [-0.39, 0.29) is 0 Å². The third-order valence-corrected chi connectivity index (χ3v) is 7.73. The molecule has 0 bridgehead atoms. The Hall–Kier alpha value is -5.42. The van der Waals surface area contributed by atoms with Crippen LogP contribution in [0.5, 0.6) is 0 Å². The molecular weight excluding hydrogens is 492 g/mol. The zero-order chi connectivity index (χ0) is 26.6. The van der Waals surface area contributed by atoms with Gasteiger partial charge in [0.2, 0.25) is 0 Å². The number of imidazole rings is 1. The number of aryl methyl sites for hydroxylation is 1. The molecule has 0 N–H and O–H groups in total. The summed E-state index contributed by atoms with van der Waals surface area (Å²) in [7, 11) is 2.08. The summed E-state index contributed by atoms with van der Waals surface area (Å²) in [6, 6.07) is 38.2. The molecule has 0 unspecified atom stereocenters. The average molecular weight is 517 g/mol. The minimum Gasteiger partial charge on any atom is -0.472 e. The quantitative estimate of drug-likeness (QED) is 0.235. The summed E-state index contributed by atoms with van der Waals surface area (Å²) >= 11 is 0. The van der Waals surface area contributed by atoms with Gasteiger partial charge in [-0.3, -0.25) is 4.98 Å². The van der Waals surface area contributed by atoms with Crippen LogP contribution in [-0.4, -0.2) is 19.1 Å². The molecule has 5 heteroatoms. The van der Waals surface area contributed by atoms with Crippen LogP contribution in [-0.2, 0) is 7.05 Å². The Morgan fingerprint density at radius 3 is 2.35 bits per heavy atom. The molecule has 4 heterocycles. The lowest BCUT2D eigenvalue weighted by atomic mass is 10.1. The van der Waals surface area contributed by atoms with Crippen molar-refractivity contribution in [3.63, 3.8) is 0 Å². The predicted octanol–water partition coefficient (Wildman–Crippen LogP) is 8.66. The maximum absolute atomic E-state index is 5.30. The molecule has 0 spiro atoms. The first-order chi connectivity index (χ1) is 19.7. The van der Waals surface area contributed by atoms with Crippen molar-refractivity contribution in [2.24, 2.45) is 7.05 Å². The van der Waals surface area contributed by atoms with Gasteiger partial charge in [0.25, 0.3) is 0 Å². The van der Waals surface area contributed by atoms with E-state index in [2.05, 4.69) is 107 Å². The zero-order valence-electron chi connectivity index (χ0n) is 21.8. The Balaban J connectivity index is 1.32. The molecule has 5 nitrogen and oxygen atoms in total. The molecule has 4 aromatic heterocycles. The molecule has 0 aliphatic rings. The lowest BCUT2D eigenvalue weighted by Gasteiger charge is -2.11. The van der Waals surface area contributed by atoms with Crippen molar-refractivity contribution >= 4 is 32.8 Å². The van der Waals surface area contributed by atoms with E-state index in [0.29, 0.717) is 0 Å². The number of fused-ring (bicyclic) bond motifs is 4. The van der Waals surface area contributed by atoms with E-state index < -0.39 is 0 Å². The minimum atomic E-state index is 0.918. The smallest absolute Gasteiger partial charge is 0.140 e. The van der Waals surface area contributed by atoms with Gasteiger partial charge in [0.15, 0.2) is 0 Å². The van der Waals surface area contributed by atoms with Crippen LogP contribution in [0.15, 0.2) is 132 Å². The Labute approximate surface area is 230 Å². The first kappa shape index (κ1) is 22.6. The topological polar surface area (TPSA) is 48.8 Å². The van der Waals surface area contributed by atoms with Gasteiger partial charge in [-0.05, 0) is 60.2 Å². The molecule has 0 aliphatic heterocycles. The number of benzene rings is 4. The largest absolute Gasteiger partial charge is 0.472 e. The third-order valence-electron chi connectivity index (χ3n) is 7.73. The van der Waals surface area contributed by atoms with Crippen LogP contribution in [0.4, 0.5) is 0 Å². The molecule has 40 heavy (non-hydrogen) atoms. The highest BCUT2D eigenvalue weighted by atomic mass is 16.3. The number of hydrogen-bond acceptors (Lipinski definition) is 3. The van der Waals surface area contributed by atoms with E-state index in [1.165, 1.54) is 10.8 Å². The highest BCUT2D eigenvalue weighted by molar-refractivity contribution is 6.10. The maximum atomic E-state index is 5.30. The summed E-state index contributed by atoms with van der Waals surface area (Å²) in [5.74, 6) is 0.953. The summed E-state index contributed by atoms with van der Waals surface area (Å²) in [6.07, 6.45) is 5.31. The lowest BCUT2D eigenvalue weighted by molar-refractivity contribution is 0.568. The van der Waals surface area contributed by atoms with E-state index >= 15 is 0 Å². The second kappa shape index (κ2) is 8.82. The van der Waals surface area contributed by atoms with Crippen molar-refractivity contribution in [2.75, 3.05) is 0 Å². The molecule has 4 aromatic carbocycles. The van der Waals surface area contributed by atoms with Crippen LogP contribution in [0, 0.1) is 0 Å². The number of hydrogen-bond donors (Lipinski definition) is 0. The van der Waals surface area contributed by atoms with Crippen LogP contribution >= 0.6 is 0 Å². The number of nitrogens with zero attached hydrogens (tertiary/aromatic N) is 4. The Morgan fingerprint density at radius 1 is 0.625 bits per heavy atom. The monoisotopic (exact) mass is 516 g/mol. The first-order valence-electron chi connectivity index (χ1n) is 13.3. The summed E-state index contributed by atoms with van der Waals surface area (Å²) < 4.78 is 9.82. The molecule has 0 aliphatic carbocycles. The van der Waals surface area contributed by atoms with Gasteiger partial charge in [-0.2, -0.15) is 0 Å². The highest BCUT2D eigenvalue weighted by Crippen LogP contribution is 2.36. The molecule has 0 saturated carbocycles. The first-order valence-corrected chi connectivity index (χ1v) is 13.3. The van der Waals surface area contributed by atoms with Crippen LogP contribution < -0.4 is 0 Å². The number of para-hydroxylation sites is 3. The van der Waals surface area contributed by atoms with E-state index in [4.69, 9.17) is 14.4 Å². The Kier molecular flexibility index (Phi) is 4.97. The van der Waals surface area contributed by atoms with Crippen molar-refractivity contribution in [1.29, 1.82) is 0 Å². The molecule has 0 fully saturated rings. The van der Waals surface area contributed by atoms with Crippen molar-refractivity contribution in [3.05, 3.63) is 128 Å². The molecular formula is C35H24N4O. The fourth-order valence-electron chi connectivity index (χ4n) is 5.79. The van der Waals surface area contributed by atoms with Gasteiger partial charge in [0.1, 0.15) is 5.82 Å².